The smallest absolute Gasteiger partial charge is 0.361 e. The fourth-order valence-electron chi connectivity index (χ4n) is 2.64. The summed E-state index contributed by atoms with van der Waals surface area (Å²) in [4.78, 5) is 8.49. The van der Waals surface area contributed by atoms with Crippen LogP contribution in [0.2, 0.25) is 0 Å². The molecule has 0 saturated carbocycles. The van der Waals surface area contributed by atoms with Gasteiger partial charge in [0.2, 0.25) is 0 Å². The molecule has 0 unspecified atom stereocenters. The molecule has 0 fully saturated rings. The summed E-state index contributed by atoms with van der Waals surface area (Å²) >= 11 is 0. The molecule has 2 aromatic heterocycles. The number of benzene rings is 1. The number of aryl methyl sites for hydroxylation is 1. The third-order valence-electron chi connectivity index (χ3n) is 3.84. The standard InChI is InChI=1S/C17H22N5O3P/c1-4-24-26(23,25-5-2)14-8-6-13(7-9-14)10-18-17-16-15(19-12-20-17)11-21-22(16)3/h6-9,11-12H,4-5,10H2,1-3H3,(H,18,19,20). The maximum Gasteiger partial charge on any atom is 0.361 e. The maximum atomic E-state index is 12.8. The van der Waals surface area contributed by atoms with E-state index in [1.165, 1.54) is 6.33 Å². The average Bonchev–Trinajstić information content (AvgIpc) is 3.03. The number of fused-ring (bicyclic) bond motifs is 1. The molecule has 0 radical (unpaired) electrons. The second-order valence-electron chi connectivity index (χ2n) is 5.58. The number of hydrogen-bond acceptors (Lipinski definition) is 7. The number of hydrogen-bond donors (Lipinski definition) is 1. The number of nitrogens with zero attached hydrogens (tertiary/aromatic N) is 4. The van der Waals surface area contributed by atoms with Gasteiger partial charge in [0.25, 0.3) is 0 Å². The molecule has 8 nitrogen and oxygen atoms in total. The first-order chi connectivity index (χ1) is 12.6. The van der Waals surface area contributed by atoms with Gasteiger partial charge < -0.3 is 14.4 Å². The predicted molar refractivity (Wildman–Crippen MR) is 101 cm³/mol. The van der Waals surface area contributed by atoms with Gasteiger partial charge in [-0.05, 0) is 31.5 Å². The van der Waals surface area contributed by atoms with Gasteiger partial charge >= 0.3 is 7.60 Å². The van der Waals surface area contributed by atoms with E-state index in [2.05, 4.69) is 20.4 Å². The van der Waals surface area contributed by atoms with Crippen LogP contribution in [0.4, 0.5) is 5.82 Å². The Morgan fingerprint density at radius 1 is 1.12 bits per heavy atom. The van der Waals surface area contributed by atoms with Gasteiger partial charge in [-0.25, -0.2) is 9.97 Å². The van der Waals surface area contributed by atoms with Gasteiger partial charge in [0.05, 0.1) is 24.7 Å². The summed E-state index contributed by atoms with van der Waals surface area (Å²) in [6, 6.07) is 7.36. The van der Waals surface area contributed by atoms with Crippen molar-refractivity contribution in [3.05, 3.63) is 42.4 Å². The van der Waals surface area contributed by atoms with Crippen molar-refractivity contribution in [3.63, 3.8) is 0 Å². The highest BCUT2D eigenvalue weighted by Crippen LogP contribution is 2.46. The van der Waals surface area contributed by atoms with E-state index >= 15 is 0 Å². The van der Waals surface area contributed by atoms with Gasteiger partial charge in [0.1, 0.15) is 17.4 Å². The van der Waals surface area contributed by atoms with Crippen molar-refractivity contribution < 1.29 is 13.6 Å². The van der Waals surface area contributed by atoms with Crippen molar-refractivity contribution in [1.82, 2.24) is 19.7 Å². The van der Waals surface area contributed by atoms with E-state index in [4.69, 9.17) is 9.05 Å². The normalized spacial score (nSPS) is 11.8. The van der Waals surface area contributed by atoms with Crippen LogP contribution in [0.25, 0.3) is 11.0 Å². The summed E-state index contributed by atoms with van der Waals surface area (Å²) in [5.41, 5.74) is 2.65. The largest absolute Gasteiger partial charge is 0.364 e. The molecule has 1 N–H and O–H groups in total. The molecule has 0 saturated heterocycles. The number of rotatable bonds is 8. The van der Waals surface area contributed by atoms with E-state index in [1.807, 2.05) is 19.2 Å². The van der Waals surface area contributed by atoms with Gasteiger partial charge in [-0.2, -0.15) is 5.10 Å². The highest BCUT2D eigenvalue weighted by atomic mass is 31.2. The Bertz CT molecular complexity index is 916. The van der Waals surface area contributed by atoms with Crippen LogP contribution in [0.15, 0.2) is 36.8 Å². The molecule has 1 aromatic carbocycles. The summed E-state index contributed by atoms with van der Waals surface area (Å²) < 4.78 is 25.2. The molecule has 0 bridgehead atoms. The Balaban J connectivity index is 1.75. The molecule has 0 aliphatic heterocycles. The summed E-state index contributed by atoms with van der Waals surface area (Å²) in [7, 11) is -1.40. The molecule has 3 rings (SSSR count). The van der Waals surface area contributed by atoms with E-state index < -0.39 is 7.60 Å². The van der Waals surface area contributed by atoms with Crippen molar-refractivity contribution in [2.24, 2.45) is 7.05 Å². The van der Waals surface area contributed by atoms with Crippen molar-refractivity contribution in [1.29, 1.82) is 0 Å². The van der Waals surface area contributed by atoms with Crippen LogP contribution in [-0.2, 0) is 27.2 Å². The molecule has 0 spiro atoms. The van der Waals surface area contributed by atoms with Gasteiger partial charge in [-0.3, -0.25) is 9.25 Å². The quantitative estimate of drug-likeness (QED) is 0.605. The maximum absolute atomic E-state index is 12.8. The minimum Gasteiger partial charge on any atom is -0.364 e. The molecule has 26 heavy (non-hydrogen) atoms. The third-order valence-corrected chi connectivity index (χ3v) is 5.96. The molecule has 0 aliphatic carbocycles. The second-order valence-corrected chi connectivity index (χ2v) is 7.61. The van der Waals surface area contributed by atoms with E-state index in [1.54, 1.807) is 36.9 Å². The van der Waals surface area contributed by atoms with Gasteiger partial charge in [0, 0.05) is 13.6 Å². The van der Waals surface area contributed by atoms with Crippen molar-refractivity contribution in [2.75, 3.05) is 18.5 Å². The van der Waals surface area contributed by atoms with Crippen LogP contribution in [-0.4, -0.2) is 33.0 Å². The van der Waals surface area contributed by atoms with Crippen LogP contribution in [0.3, 0.4) is 0 Å². The Morgan fingerprint density at radius 2 is 1.81 bits per heavy atom. The van der Waals surface area contributed by atoms with E-state index in [0.717, 1.165) is 16.6 Å². The van der Waals surface area contributed by atoms with Crippen molar-refractivity contribution in [3.8, 4) is 0 Å². The van der Waals surface area contributed by atoms with E-state index in [0.29, 0.717) is 30.9 Å². The summed E-state index contributed by atoms with van der Waals surface area (Å²) in [6.07, 6.45) is 3.21. The average molecular weight is 375 g/mol. The zero-order chi connectivity index (χ0) is 18.6. The fraction of sp³-hybridized carbons (Fsp3) is 0.353. The highest BCUT2D eigenvalue weighted by molar-refractivity contribution is 7.62. The molecule has 138 valence electrons. The molecule has 2 heterocycles. The Labute approximate surface area is 152 Å². The van der Waals surface area contributed by atoms with Gasteiger partial charge in [-0.15, -0.1) is 0 Å². The lowest BCUT2D eigenvalue weighted by molar-refractivity contribution is 0.230. The Kier molecular flexibility index (Phi) is 5.66. The zero-order valence-electron chi connectivity index (χ0n) is 15.0. The number of anilines is 1. The number of nitrogens with one attached hydrogen (secondary N) is 1. The second kappa shape index (κ2) is 7.95. The van der Waals surface area contributed by atoms with Crippen LogP contribution in [0.5, 0.6) is 0 Å². The Morgan fingerprint density at radius 3 is 2.46 bits per heavy atom. The molecule has 0 aliphatic rings. The predicted octanol–water partition coefficient (Wildman–Crippen LogP) is 2.87. The molecule has 3 aromatic rings. The highest BCUT2D eigenvalue weighted by Gasteiger charge is 2.26. The lowest BCUT2D eigenvalue weighted by Gasteiger charge is -2.17. The first kappa shape index (κ1) is 18.5. The van der Waals surface area contributed by atoms with Crippen LogP contribution < -0.4 is 10.6 Å². The lowest BCUT2D eigenvalue weighted by Crippen LogP contribution is -2.11. The third kappa shape index (κ3) is 3.77. The molecule has 0 amide bonds. The first-order valence-electron chi connectivity index (χ1n) is 8.42. The van der Waals surface area contributed by atoms with E-state index in [9.17, 15) is 4.57 Å². The molecular formula is C17H22N5O3P. The number of aromatic nitrogens is 4. The topological polar surface area (TPSA) is 91.2 Å². The van der Waals surface area contributed by atoms with Crippen molar-refractivity contribution >= 4 is 29.8 Å². The van der Waals surface area contributed by atoms with E-state index in [-0.39, 0.29) is 0 Å². The minimum absolute atomic E-state index is 0.328. The summed E-state index contributed by atoms with van der Waals surface area (Å²) in [5, 5.41) is 8.05. The van der Waals surface area contributed by atoms with Gasteiger partial charge in [0.15, 0.2) is 5.82 Å². The van der Waals surface area contributed by atoms with Gasteiger partial charge in [-0.1, -0.05) is 12.1 Å². The lowest BCUT2D eigenvalue weighted by atomic mass is 10.2. The van der Waals surface area contributed by atoms with Crippen LogP contribution in [0.1, 0.15) is 19.4 Å². The van der Waals surface area contributed by atoms with Crippen molar-refractivity contribution in [2.45, 2.75) is 20.4 Å². The minimum atomic E-state index is -3.25. The summed E-state index contributed by atoms with van der Waals surface area (Å²) in [6.45, 7) is 4.81. The SMILES string of the molecule is CCOP(=O)(OCC)c1ccc(CNc2ncnc3cnn(C)c23)cc1. The molecule has 0 atom stereocenters. The zero-order valence-corrected chi connectivity index (χ0v) is 15.9. The molecular weight excluding hydrogens is 353 g/mol. The molecule has 9 heteroatoms. The van der Waals surface area contributed by atoms with Crippen LogP contribution >= 0.6 is 7.60 Å². The fourth-order valence-corrected chi connectivity index (χ4v) is 4.21. The monoisotopic (exact) mass is 375 g/mol. The van der Waals surface area contributed by atoms with Crippen LogP contribution in [0, 0.1) is 0 Å². The first-order valence-corrected chi connectivity index (χ1v) is 9.97. The Hall–Kier alpha value is -2.28. The summed E-state index contributed by atoms with van der Waals surface area (Å²) in [5.74, 6) is 0.716.